The Morgan fingerprint density at radius 3 is 2.71 bits per heavy atom. The maximum absolute atomic E-state index is 11.1. The number of anilines is 1. The second kappa shape index (κ2) is 6.05. The lowest BCUT2D eigenvalue weighted by Gasteiger charge is -2.24. The Kier molecular flexibility index (Phi) is 4.37. The summed E-state index contributed by atoms with van der Waals surface area (Å²) in [7, 11) is 0. The lowest BCUT2D eigenvalue weighted by molar-refractivity contribution is -0.384. The number of nitro groups is 1. The summed E-state index contributed by atoms with van der Waals surface area (Å²) in [6, 6.07) is 8.47. The molecule has 110 valence electrons. The highest BCUT2D eigenvalue weighted by molar-refractivity contribution is 7.10. The maximum Gasteiger partial charge on any atom is 0.293 e. The number of nitro benzene ring substituents is 1. The molecule has 0 aliphatic carbocycles. The minimum Gasteiger partial charge on any atom is -0.379 e. The molecule has 21 heavy (non-hydrogen) atoms. The number of hydrogen-bond acceptors (Lipinski definition) is 5. The first-order valence-electron chi connectivity index (χ1n) is 6.45. The van der Waals surface area contributed by atoms with Crippen LogP contribution in [0.15, 0.2) is 35.7 Å². The number of thiophene rings is 1. The third-order valence-electron chi connectivity index (χ3n) is 3.26. The number of hydrogen-bond donors (Lipinski definition) is 1. The molecule has 6 heteroatoms. The zero-order chi connectivity index (χ0) is 15.5. The van der Waals surface area contributed by atoms with Crippen LogP contribution in [0.1, 0.15) is 29.1 Å². The Bertz CT molecular complexity index is 651. The third kappa shape index (κ3) is 3.46. The molecule has 0 saturated heterocycles. The van der Waals surface area contributed by atoms with E-state index in [2.05, 4.69) is 25.2 Å². The number of aldehydes is 1. The molecule has 2 rings (SSSR count). The van der Waals surface area contributed by atoms with Crippen LogP contribution >= 0.6 is 11.3 Å². The van der Waals surface area contributed by atoms with E-state index in [1.165, 1.54) is 10.9 Å². The van der Waals surface area contributed by atoms with Gasteiger partial charge in [-0.1, -0.05) is 19.9 Å². The maximum atomic E-state index is 11.1. The molecule has 2 aromatic rings. The van der Waals surface area contributed by atoms with E-state index in [-0.39, 0.29) is 11.1 Å². The molecule has 0 unspecified atom stereocenters. The van der Waals surface area contributed by atoms with E-state index in [4.69, 9.17) is 0 Å². The van der Waals surface area contributed by atoms with Crippen molar-refractivity contribution in [3.63, 3.8) is 0 Å². The topological polar surface area (TPSA) is 72.2 Å². The highest BCUT2D eigenvalue weighted by Crippen LogP contribution is 2.30. The average molecular weight is 304 g/mol. The molecule has 1 aromatic carbocycles. The van der Waals surface area contributed by atoms with Gasteiger partial charge in [0.2, 0.25) is 0 Å². The highest BCUT2D eigenvalue weighted by Gasteiger charge is 2.23. The predicted molar refractivity (Wildman–Crippen MR) is 84.3 cm³/mol. The Labute approximate surface area is 126 Å². The third-order valence-corrected chi connectivity index (χ3v) is 4.50. The fraction of sp³-hybridized carbons (Fsp3) is 0.267. The summed E-state index contributed by atoms with van der Waals surface area (Å²) in [5.74, 6) is 0. The van der Waals surface area contributed by atoms with Gasteiger partial charge in [-0.25, -0.2) is 0 Å². The normalized spacial score (nSPS) is 11.1. The molecule has 0 bridgehead atoms. The van der Waals surface area contributed by atoms with E-state index in [0.717, 1.165) is 0 Å². The molecular weight excluding hydrogens is 288 g/mol. The van der Waals surface area contributed by atoms with Gasteiger partial charge in [0.1, 0.15) is 12.0 Å². The molecule has 0 fully saturated rings. The van der Waals surface area contributed by atoms with Crippen LogP contribution in [0.3, 0.4) is 0 Å². The quantitative estimate of drug-likeness (QED) is 0.499. The first kappa shape index (κ1) is 15.2. The van der Waals surface area contributed by atoms with Crippen molar-refractivity contribution in [2.75, 3.05) is 11.9 Å². The first-order chi connectivity index (χ1) is 9.94. The largest absolute Gasteiger partial charge is 0.379 e. The van der Waals surface area contributed by atoms with Crippen molar-refractivity contribution in [2.45, 2.75) is 19.3 Å². The van der Waals surface area contributed by atoms with Gasteiger partial charge in [-0.05, 0) is 23.6 Å². The van der Waals surface area contributed by atoms with Crippen LogP contribution < -0.4 is 5.32 Å². The van der Waals surface area contributed by atoms with E-state index >= 15 is 0 Å². The molecular formula is C15H16N2O3S. The van der Waals surface area contributed by atoms with Crippen molar-refractivity contribution in [2.24, 2.45) is 0 Å². The molecule has 0 saturated carbocycles. The molecule has 0 amide bonds. The molecule has 0 aliphatic heterocycles. The second-order valence-corrected chi connectivity index (χ2v) is 6.31. The Morgan fingerprint density at radius 2 is 2.14 bits per heavy atom. The van der Waals surface area contributed by atoms with Gasteiger partial charge < -0.3 is 5.32 Å². The second-order valence-electron chi connectivity index (χ2n) is 5.37. The van der Waals surface area contributed by atoms with Crippen LogP contribution in [0.4, 0.5) is 11.4 Å². The van der Waals surface area contributed by atoms with Crippen molar-refractivity contribution in [3.8, 4) is 0 Å². The number of benzene rings is 1. The van der Waals surface area contributed by atoms with Crippen molar-refractivity contribution in [1.82, 2.24) is 0 Å². The zero-order valence-electron chi connectivity index (χ0n) is 11.8. The predicted octanol–water partition coefficient (Wildman–Crippen LogP) is 3.86. The van der Waals surface area contributed by atoms with Crippen molar-refractivity contribution >= 4 is 29.0 Å². The number of carbonyl (C=O) groups excluding carboxylic acids is 1. The minimum absolute atomic E-state index is 0.0819. The summed E-state index contributed by atoms with van der Waals surface area (Å²) < 4.78 is 0. The molecule has 0 atom stereocenters. The summed E-state index contributed by atoms with van der Waals surface area (Å²) in [5.41, 5.74) is 0.507. The zero-order valence-corrected chi connectivity index (χ0v) is 12.6. The van der Waals surface area contributed by atoms with E-state index in [1.54, 1.807) is 23.5 Å². The summed E-state index contributed by atoms with van der Waals surface area (Å²) in [5, 5.41) is 16.2. The molecule has 0 aliphatic rings. The first-order valence-corrected chi connectivity index (χ1v) is 7.33. The molecule has 5 nitrogen and oxygen atoms in total. The van der Waals surface area contributed by atoms with Crippen molar-refractivity contribution < 1.29 is 9.72 Å². The summed E-state index contributed by atoms with van der Waals surface area (Å²) in [6.07, 6.45) is 0.604. The van der Waals surface area contributed by atoms with Gasteiger partial charge in [0, 0.05) is 28.5 Å². The van der Waals surface area contributed by atoms with E-state index in [0.29, 0.717) is 24.1 Å². The van der Waals surface area contributed by atoms with Crippen LogP contribution in [0.5, 0.6) is 0 Å². The van der Waals surface area contributed by atoms with Gasteiger partial charge in [0.25, 0.3) is 5.69 Å². The van der Waals surface area contributed by atoms with Crippen molar-refractivity contribution in [1.29, 1.82) is 0 Å². The van der Waals surface area contributed by atoms with Gasteiger partial charge in [-0.15, -0.1) is 11.3 Å². The van der Waals surface area contributed by atoms with Crippen molar-refractivity contribution in [3.05, 3.63) is 56.3 Å². The fourth-order valence-electron chi connectivity index (χ4n) is 1.99. The Hall–Kier alpha value is -2.21. The lowest BCUT2D eigenvalue weighted by Crippen LogP contribution is -2.26. The molecule has 0 radical (unpaired) electrons. The number of rotatable bonds is 6. The van der Waals surface area contributed by atoms with Gasteiger partial charge in [0.15, 0.2) is 0 Å². The van der Waals surface area contributed by atoms with Crippen LogP contribution in [-0.4, -0.2) is 17.8 Å². The van der Waals surface area contributed by atoms with Crippen LogP contribution in [0, 0.1) is 10.1 Å². The average Bonchev–Trinajstić information content (AvgIpc) is 3.00. The standard InChI is InChI=1S/C15H16N2O3S/c1-15(2,14-4-3-7-21-14)10-16-12-6-5-11(9-18)8-13(12)17(19)20/h3-9,16H,10H2,1-2H3. The van der Waals surface area contributed by atoms with E-state index in [1.807, 2.05) is 11.4 Å². The van der Waals surface area contributed by atoms with Gasteiger partial charge in [-0.2, -0.15) is 0 Å². The fourth-order valence-corrected chi connectivity index (χ4v) is 2.84. The van der Waals surface area contributed by atoms with Crippen LogP contribution in [0.2, 0.25) is 0 Å². The van der Waals surface area contributed by atoms with Crippen LogP contribution in [-0.2, 0) is 5.41 Å². The molecule has 1 aromatic heterocycles. The number of carbonyl (C=O) groups is 1. The molecule has 1 heterocycles. The smallest absolute Gasteiger partial charge is 0.293 e. The number of nitrogens with one attached hydrogen (secondary N) is 1. The van der Waals surface area contributed by atoms with Gasteiger partial charge >= 0.3 is 0 Å². The Morgan fingerprint density at radius 1 is 1.38 bits per heavy atom. The van der Waals surface area contributed by atoms with Gasteiger partial charge in [0.05, 0.1) is 4.92 Å². The Balaban J connectivity index is 2.20. The van der Waals surface area contributed by atoms with E-state index in [9.17, 15) is 14.9 Å². The monoisotopic (exact) mass is 304 g/mol. The number of nitrogens with zero attached hydrogens (tertiary/aromatic N) is 1. The lowest BCUT2D eigenvalue weighted by atomic mass is 9.91. The highest BCUT2D eigenvalue weighted by atomic mass is 32.1. The van der Waals surface area contributed by atoms with Gasteiger partial charge in [-0.3, -0.25) is 14.9 Å². The summed E-state index contributed by atoms with van der Waals surface area (Å²) in [6.45, 7) is 4.73. The van der Waals surface area contributed by atoms with Crippen LogP contribution in [0.25, 0.3) is 0 Å². The molecule has 0 spiro atoms. The molecule has 1 N–H and O–H groups in total. The minimum atomic E-state index is -0.479. The summed E-state index contributed by atoms with van der Waals surface area (Å²) in [4.78, 5) is 22.5. The SMILES string of the molecule is CC(C)(CNc1ccc(C=O)cc1[N+](=O)[O-])c1cccs1. The van der Waals surface area contributed by atoms with E-state index < -0.39 is 4.92 Å². The summed E-state index contributed by atoms with van der Waals surface area (Å²) >= 11 is 1.66.